The van der Waals surface area contributed by atoms with E-state index in [0.29, 0.717) is 19.1 Å². The lowest BCUT2D eigenvalue weighted by molar-refractivity contribution is 0.103. The van der Waals surface area contributed by atoms with Gasteiger partial charge in [-0.15, -0.1) is 0 Å². The minimum absolute atomic E-state index is 0.0282. The summed E-state index contributed by atoms with van der Waals surface area (Å²) in [7, 11) is 0. The number of nitrogens with one attached hydrogen (secondary N) is 1. The van der Waals surface area contributed by atoms with Crippen molar-refractivity contribution >= 4 is 6.03 Å². The smallest absolute Gasteiger partial charge is 0.318 e. The molecule has 6 nitrogen and oxygen atoms in total. The molecule has 2 heterocycles. The lowest BCUT2D eigenvalue weighted by atomic mass is 9.99. The summed E-state index contributed by atoms with van der Waals surface area (Å²) in [6.45, 7) is 1.28. The molecule has 4 rings (SSSR count). The first-order valence-corrected chi connectivity index (χ1v) is 9.88. The van der Waals surface area contributed by atoms with Crippen LogP contribution < -0.4 is 10.1 Å². The molecule has 2 aromatic carbocycles. The molecule has 1 aromatic heterocycles. The average molecular weight is 388 g/mol. The molecule has 1 aliphatic heterocycles. The summed E-state index contributed by atoms with van der Waals surface area (Å²) in [6.07, 6.45) is 4.87. The highest BCUT2D eigenvalue weighted by Gasteiger charge is 2.26. The second-order valence-corrected chi connectivity index (χ2v) is 7.04. The molecule has 0 atom stereocenters. The number of piperidine rings is 1. The van der Waals surface area contributed by atoms with E-state index in [0.717, 1.165) is 24.0 Å². The van der Waals surface area contributed by atoms with Gasteiger partial charge in [0.25, 0.3) is 0 Å². The number of rotatable bonds is 5. The van der Waals surface area contributed by atoms with E-state index < -0.39 is 0 Å². The number of ether oxygens (including phenoxy) is 1. The van der Waals surface area contributed by atoms with Crippen LogP contribution >= 0.6 is 0 Å². The van der Waals surface area contributed by atoms with Gasteiger partial charge in [-0.2, -0.15) is 0 Å². The SMILES string of the molecule is O=C(NC(c1ccccc1)c1ccccc1)N1CCC(Oc2ncccn2)CC1. The van der Waals surface area contributed by atoms with Gasteiger partial charge in [0.2, 0.25) is 0 Å². The minimum atomic E-state index is -0.184. The first-order chi connectivity index (χ1) is 14.3. The largest absolute Gasteiger partial charge is 0.460 e. The van der Waals surface area contributed by atoms with Crippen molar-refractivity contribution in [3.8, 4) is 6.01 Å². The van der Waals surface area contributed by atoms with Crippen LogP contribution in [-0.4, -0.2) is 40.1 Å². The van der Waals surface area contributed by atoms with Gasteiger partial charge >= 0.3 is 12.0 Å². The van der Waals surface area contributed by atoms with E-state index in [1.54, 1.807) is 18.5 Å². The van der Waals surface area contributed by atoms with E-state index in [1.807, 2.05) is 65.6 Å². The van der Waals surface area contributed by atoms with E-state index in [-0.39, 0.29) is 18.2 Å². The highest BCUT2D eigenvalue weighted by molar-refractivity contribution is 5.75. The standard InChI is InChI=1S/C23H24N4O2/c28-23(27-16-12-20(13-17-27)29-22-24-14-7-15-25-22)26-21(18-8-3-1-4-9-18)19-10-5-2-6-11-19/h1-11,14-15,20-21H,12-13,16-17H2,(H,26,28). The van der Waals surface area contributed by atoms with Crippen molar-refractivity contribution in [3.05, 3.63) is 90.3 Å². The van der Waals surface area contributed by atoms with Gasteiger partial charge in [0.15, 0.2) is 0 Å². The van der Waals surface area contributed by atoms with Gasteiger partial charge in [-0.05, 0) is 17.2 Å². The molecule has 148 valence electrons. The Morgan fingerprint density at radius 1 is 0.897 bits per heavy atom. The Morgan fingerprint density at radius 2 is 1.45 bits per heavy atom. The fraction of sp³-hybridized carbons (Fsp3) is 0.261. The second kappa shape index (κ2) is 9.19. The molecule has 29 heavy (non-hydrogen) atoms. The van der Waals surface area contributed by atoms with Crippen LogP contribution in [0.15, 0.2) is 79.1 Å². The second-order valence-electron chi connectivity index (χ2n) is 7.04. The highest BCUT2D eigenvalue weighted by Crippen LogP contribution is 2.23. The Labute approximate surface area is 170 Å². The number of hydrogen-bond acceptors (Lipinski definition) is 4. The number of carbonyl (C=O) groups excluding carboxylic acids is 1. The van der Waals surface area contributed by atoms with Gasteiger partial charge in [-0.25, -0.2) is 14.8 Å². The Bertz CT molecular complexity index is 858. The molecule has 1 fully saturated rings. The summed E-state index contributed by atoms with van der Waals surface area (Å²) in [5.41, 5.74) is 2.12. The fourth-order valence-corrected chi connectivity index (χ4v) is 3.54. The molecule has 1 N–H and O–H groups in total. The van der Waals surface area contributed by atoms with Gasteiger partial charge in [0, 0.05) is 38.3 Å². The quantitative estimate of drug-likeness (QED) is 0.722. The van der Waals surface area contributed by atoms with E-state index in [4.69, 9.17) is 4.74 Å². The van der Waals surface area contributed by atoms with Gasteiger partial charge in [0.1, 0.15) is 6.10 Å². The number of aromatic nitrogens is 2. The van der Waals surface area contributed by atoms with Crippen molar-refractivity contribution < 1.29 is 9.53 Å². The van der Waals surface area contributed by atoms with Crippen LogP contribution in [0.1, 0.15) is 30.0 Å². The maximum Gasteiger partial charge on any atom is 0.318 e. The summed E-state index contributed by atoms with van der Waals surface area (Å²) >= 11 is 0. The lowest BCUT2D eigenvalue weighted by Crippen LogP contribution is -2.47. The van der Waals surface area contributed by atoms with Crippen molar-refractivity contribution in [2.45, 2.75) is 25.0 Å². The van der Waals surface area contributed by atoms with Crippen molar-refractivity contribution in [2.24, 2.45) is 0 Å². The van der Waals surface area contributed by atoms with Gasteiger partial charge in [0.05, 0.1) is 6.04 Å². The first kappa shape index (κ1) is 18.9. The van der Waals surface area contributed by atoms with E-state index in [2.05, 4.69) is 15.3 Å². The average Bonchev–Trinajstić information content (AvgIpc) is 2.80. The number of hydrogen-bond donors (Lipinski definition) is 1. The number of likely N-dealkylation sites (tertiary alicyclic amines) is 1. The monoisotopic (exact) mass is 388 g/mol. The van der Waals surface area contributed by atoms with Crippen LogP contribution in [0.25, 0.3) is 0 Å². The molecule has 3 aromatic rings. The zero-order chi connectivity index (χ0) is 19.9. The van der Waals surface area contributed by atoms with Gasteiger partial charge in [-0.1, -0.05) is 60.7 Å². The van der Waals surface area contributed by atoms with E-state index >= 15 is 0 Å². The van der Waals surface area contributed by atoms with Crippen molar-refractivity contribution in [1.82, 2.24) is 20.2 Å². The fourth-order valence-electron chi connectivity index (χ4n) is 3.54. The maximum absolute atomic E-state index is 13.0. The topological polar surface area (TPSA) is 67.4 Å². The van der Waals surface area contributed by atoms with Crippen molar-refractivity contribution in [3.63, 3.8) is 0 Å². The Kier molecular flexibility index (Phi) is 6.00. The number of nitrogens with zero attached hydrogens (tertiary/aromatic N) is 3. The third-order valence-electron chi connectivity index (χ3n) is 5.08. The lowest BCUT2D eigenvalue weighted by Gasteiger charge is -2.33. The zero-order valence-corrected chi connectivity index (χ0v) is 16.1. The molecule has 1 saturated heterocycles. The molecule has 0 saturated carbocycles. The van der Waals surface area contributed by atoms with E-state index in [9.17, 15) is 4.79 Å². The molecule has 0 radical (unpaired) electrons. The number of amides is 2. The number of carbonyl (C=O) groups is 1. The molecule has 6 heteroatoms. The van der Waals surface area contributed by atoms with Crippen LogP contribution in [0.5, 0.6) is 6.01 Å². The Hall–Kier alpha value is -3.41. The zero-order valence-electron chi connectivity index (χ0n) is 16.1. The third kappa shape index (κ3) is 4.90. The van der Waals surface area contributed by atoms with Crippen LogP contribution in [0.3, 0.4) is 0 Å². The molecule has 2 amide bonds. The summed E-state index contributed by atoms with van der Waals surface area (Å²) in [4.78, 5) is 23.0. The first-order valence-electron chi connectivity index (χ1n) is 9.88. The number of benzene rings is 2. The van der Waals surface area contributed by atoms with Crippen LogP contribution in [-0.2, 0) is 0 Å². The normalized spacial score (nSPS) is 14.6. The molecule has 0 spiro atoms. The highest BCUT2D eigenvalue weighted by atomic mass is 16.5. The molecular formula is C23H24N4O2. The van der Waals surface area contributed by atoms with Crippen LogP contribution in [0, 0.1) is 0 Å². The summed E-state index contributed by atoms with van der Waals surface area (Å²) in [5, 5.41) is 3.21. The summed E-state index contributed by atoms with van der Waals surface area (Å²) in [5.74, 6) is 0. The number of urea groups is 1. The summed E-state index contributed by atoms with van der Waals surface area (Å²) in [6, 6.07) is 22.0. The van der Waals surface area contributed by atoms with Crippen LogP contribution in [0.2, 0.25) is 0 Å². The van der Waals surface area contributed by atoms with Crippen LogP contribution in [0.4, 0.5) is 4.79 Å². The van der Waals surface area contributed by atoms with Crippen molar-refractivity contribution in [2.75, 3.05) is 13.1 Å². The molecule has 0 unspecified atom stereocenters. The predicted molar refractivity (Wildman–Crippen MR) is 111 cm³/mol. The van der Waals surface area contributed by atoms with Gasteiger partial charge in [-0.3, -0.25) is 0 Å². The molecule has 1 aliphatic rings. The van der Waals surface area contributed by atoms with Crippen molar-refractivity contribution in [1.29, 1.82) is 0 Å². The molecule has 0 bridgehead atoms. The predicted octanol–water partition coefficient (Wildman–Crippen LogP) is 3.82. The Morgan fingerprint density at radius 3 is 2.00 bits per heavy atom. The minimum Gasteiger partial charge on any atom is -0.460 e. The summed E-state index contributed by atoms with van der Waals surface area (Å²) < 4.78 is 5.82. The van der Waals surface area contributed by atoms with Gasteiger partial charge < -0.3 is 15.0 Å². The maximum atomic E-state index is 13.0. The molecule has 0 aliphatic carbocycles. The Balaban J connectivity index is 1.39. The van der Waals surface area contributed by atoms with E-state index in [1.165, 1.54) is 0 Å². The molecular weight excluding hydrogens is 364 g/mol. The third-order valence-corrected chi connectivity index (χ3v) is 5.08.